The maximum atomic E-state index is 5.63. The van der Waals surface area contributed by atoms with Gasteiger partial charge in [-0.05, 0) is 42.0 Å². The first-order valence-corrected chi connectivity index (χ1v) is 8.04. The topological polar surface area (TPSA) is 62.8 Å². The van der Waals surface area contributed by atoms with Gasteiger partial charge in [-0.1, -0.05) is 6.07 Å². The molecule has 4 rings (SSSR count). The lowest BCUT2D eigenvalue weighted by Gasteiger charge is -2.10. The molecule has 3 heterocycles. The number of anilines is 1. The molecule has 0 aliphatic rings. The summed E-state index contributed by atoms with van der Waals surface area (Å²) in [6, 6.07) is 14.3. The summed E-state index contributed by atoms with van der Waals surface area (Å²) < 4.78 is 5.63. The number of nitrogens with zero attached hydrogens (tertiary/aromatic N) is 2. The lowest BCUT2D eigenvalue weighted by molar-refractivity contribution is 0.416. The number of aromatic amines is 1. The van der Waals surface area contributed by atoms with Crippen LogP contribution in [-0.2, 0) is 0 Å². The van der Waals surface area contributed by atoms with Gasteiger partial charge in [0.25, 0.3) is 0 Å². The number of aromatic nitrogens is 3. The average Bonchev–Trinajstić information content (AvgIpc) is 3.11. The highest BCUT2D eigenvalue weighted by atomic mass is 16.5. The van der Waals surface area contributed by atoms with Gasteiger partial charge in [0.1, 0.15) is 11.6 Å². The molecule has 5 heteroatoms. The van der Waals surface area contributed by atoms with Crippen LogP contribution in [0, 0.1) is 0 Å². The fourth-order valence-corrected chi connectivity index (χ4v) is 2.92. The molecular formula is C20H18N4O. The molecule has 0 spiro atoms. The van der Waals surface area contributed by atoms with Gasteiger partial charge in [0.05, 0.1) is 24.5 Å². The monoisotopic (exact) mass is 330 g/mol. The zero-order valence-electron chi connectivity index (χ0n) is 14.1. The second kappa shape index (κ2) is 6.28. The van der Waals surface area contributed by atoms with Crippen LogP contribution in [0.2, 0.25) is 0 Å². The van der Waals surface area contributed by atoms with Crippen LogP contribution >= 0.6 is 0 Å². The third-order valence-electron chi connectivity index (χ3n) is 4.27. The summed E-state index contributed by atoms with van der Waals surface area (Å²) in [6.45, 7) is 0. The fourth-order valence-electron chi connectivity index (χ4n) is 2.92. The maximum absolute atomic E-state index is 5.63. The van der Waals surface area contributed by atoms with Crippen molar-refractivity contribution in [1.82, 2.24) is 15.0 Å². The minimum absolute atomic E-state index is 0.815. The molecule has 0 amide bonds. The lowest BCUT2D eigenvalue weighted by Crippen LogP contribution is -1.92. The summed E-state index contributed by atoms with van der Waals surface area (Å²) in [5.41, 5.74) is 5.14. The van der Waals surface area contributed by atoms with Crippen molar-refractivity contribution < 1.29 is 4.74 Å². The van der Waals surface area contributed by atoms with E-state index >= 15 is 0 Å². The van der Waals surface area contributed by atoms with Crippen molar-refractivity contribution in [2.24, 2.45) is 0 Å². The highest BCUT2D eigenvalue weighted by molar-refractivity contribution is 5.87. The number of H-pyrrole nitrogens is 1. The van der Waals surface area contributed by atoms with Gasteiger partial charge in [-0.3, -0.25) is 4.98 Å². The number of rotatable bonds is 4. The Labute approximate surface area is 145 Å². The largest absolute Gasteiger partial charge is 0.496 e. The van der Waals surface area contributed by atoms with Gasteiger partial charge in [-0.15, -0.1) is 0 Å². The third-order valence-corrected chi connectivity index (χ3v) is 4.27. The van der Waals surface area contributed by atoms with E-state index in [1.165, 1.54) is 0 Å². The summed E-state index contributed by atoms with van der Waals surface area (Å²) in [5, 5.41) is 4.15. The molecule has 0 saturated carbocycles. The van der Waals surface area contributed by atoms with E-state index in [9.17, 15) is 0 Å². The number of hydrogen-bond donors (Lipinski definition) is 2. The predicted octanol–water partition coefficient (Wildman–Crippen LogP) is 4.34. The van der Waals surface area contributed by atoms with Crippen molar-refractivity contribution in [3.05, 3.63) is 61.1 Å². The van der Waals surface area contributed by atoms with Crippen LogP contribution in [0.4, 0.5) is 5.82 Å². The number of hydrogen-bond acceptors (Lipinski definition) is 4. The van der Waals surface area contributed by atoms with Crippen LogP contribution in [0.1, 0.15) is 0 Å². The van der Waals surface area contributed by atoms with E-state index in [0.717, 1.165) is 44.9 Å². The van der Waals surface area contributed by atoms with Crippen molar-refractivity contribution in [3.63, 3.8) is 0 Å². The Morgan fingerprint density at radius 2 is 1.88 bits per heavy atom. The Balaban J connectivity index is 1.76. The number of pyridine rings is 2. The molecule has 0 atom stereocenters. The van der Waals surface area contributed by atoms with E-state index in [-0.39, 0.29) is 0 Å². The van der Waals surface area contributed by atoms with Gasteiger partial charge in [-0.25, -0.2) is 4.98 Å². The first kappa shape index (κ1) is 15.2. The highest BCUT2D eigenvalue weighted by Crippen LogP contribution is 2.35. The molecule has 4 aromatic rings. The van der Waals surface area contributed by atoms with Crippen LogP contribution in [0.15, 0.2) is 61.1 Å². The third kappa shape index (κ3) is 2.80. The van der Waals surface area contributed by atoms with Crippen molar-refractivity contribution >= 4 is 16.7 Å². The second-order valence-electron chi connectivity index (χ2n) is 5.74. The molecule has 0 aliphatic heterocycles. The minimum atomic E-state index is 0.815. The fraction of sp³-hybridized carbons (Fsp3) is 0.100. The maximum Gasteiger partial charge on any atom is 0.128 e. The van der Waals surface area contributed by atoms with Crippen molar-refractivity contribution in [2.45, 2.75) is 0 Å². The van der Waals surface area contributed by atoms with E-state index in [1.54, 1.807) is 13.3 Å². The van der Waals surface area contributed by atoms with Gasteiger partial charge < -0.3 is 15.0 Å². The van der Waals surface area contributed by atoms with Crippen LogP contribution in [0.3, 0.4) is 0 Å². The van der Waals surface area contributed by atoms with Crippen LogP contribution in [0.25, 0.3) is 33.3 Å². The molecule has 124 valence electrons. The lowest BCUT2D eigenvalue weighted by atomic mass is 10.0. The Bertz CT molecular complexity index is 988. The SMILES string of the molecule is CNc1ccc(-c2ccc(-c3cc4ccncc4[nH]3)c(OC)c2)cn1. The molecule has 0 radical (unpaired) electrons. The minimum Gasteiger partial charge on any atom is -0.496 e. The molecule has 0 bridgehead atoms. The Hall–Kier alpha value is -3.34. The molecule has 5 nitrogen and oxygen atoms in total. The zero-order valence-corrected chi connectivity index (χ0v) is 14.1. The van der Waals surface area contributed by atoms with E-state index in [1.807, 2.05) is 43.7 Å². The number of ether oxygens (including phenoxy) is 1. The Kier molecular flexibility index (Phi) is 3.82. The van der Waals surface area contributed by atoms with E-state index < -0.39 is 0 Å². The molecular weight excluding hydrogens is 312 g/mol. The van der Waals surface area contributed by atoms with Gasteiger partial charge in [0.15, 0.2) is 0 Å². The normalized spacial score (nSPS) is 10.8. The molecule has 25 heavy (non-hydrogen) atoms. The average molecular weight is 330 g/mol. The molecule has 3 aromatic heterocycles. The van der Waals surface area contributed by atoms with Crippen molar-refractivity contribution in [3.8, 4) is 28.1 Å². The Morgan fingerprint density at radius 1 is 1.00 bits per heavy atom. The molecule has 0 aliphatic carbocycles. The van der Waals surface area contributed by atoms with Gasteiger partial charge in [0, 0.05) is 36.0 Å². The zero-order chi connectivity index (χ0) is 17.2. The van der Waals surface area contributed by atoms with Crippen LogP contribution in [-0.4, -0.2) is 29.1 Å². The van der Waals surface area contributed by atoms with Crippen molar-refractivity contribution in [1.29, 1.82) is 0 Å². The van der Waals surface area contributed by atoms with Gasteiger partial charge >= 0.3 is 0 Å². The standard InChI is InChI=1S/C20H18N4O/c1-21-20-6-4-15(11-23-20)13-3-5-16(19(10-13)25-2)17-9-14-7-8-22-12-18(14)24-17/h3-12,24H,1-2H3,(H,21,23). The summed E-state index contributed by atoms with van der Waals surface area (Å²) in [4.78, 5) is 11.9. The number of methoxy groups -OCH3 is 1. The molecule has 2 N–H and O–H groups in total. The number of fused-ring (bicyclic) bond motifs is 1. The first-order chi connectivity index (χ1) is 12.3. The van der Waals surface area contributed by atoms with Crippen molar-refractivity contribution in [2.75, 3.05) is 19.5 Å². The highest BCUT2D eigenvalue weighted by Gasteiger charge is 2.11. The molecule has 1 aromatic carbocycles. The Morgan fingerprint density at radius 3 is 2.60 bits per heavy atom. The summed E-state index contributed by atoms with van der Waals surface area (Å²) in [6.07, 6.45) is 5.48. The van der Waals surface area contributed by atoms with E-state index in [2.05, 4.69) is 38.5 Å². The molecule has 0 saturated heterocycles. The van der Waals surface area contributed by atoms with Gasteiger partial charge in [-0.2, -0.15) is 0 Å². The summed E-state index contributed by atoms with van der Waals surface area (Å²) in [5.74, 6) is 1.66. The smallest absolute Gasteiger partial charge is 0.128 e. The number of nitrogens with one attached hydrogen (secondary N) is 2. The summed E-state index contributed by atoms with van der Waals surface area (Å²) in [7, 11) is 3.55. The molecule has 0 fully saturated rings. The molecule has 0 unspecified atom stereocenters. The second-order valence-corrected chi connectivity index (χ2v) is 5.74. The predicted molar refractivity (Wildman–Crippen MR) is 101 cm³/mol. The number of benzene rings is 1. The van der Waals surface area contributed by atoms with E-state index in [4.69, 9.17) is 4.74 Å². The quantitative estimate of drug-likeness (QED) is 0.584. The van der Waals surface area contributed by atoms with Crippen LogP contribution in [0.5, 0.6) is 5.75 Å². The summed E-state index contributed by atoms with van der Waals surface area (Å²) >= 11 is 0. The van der Waals surface area contributed by atoms with Crippen LogP contribution < -0.4 is 10.1 Å². The van der Waals surface area contributed by atoms with E-state index in [0.29, 0.717) is 0 Å². The van der Waals surface area contributed by atoms with Gasteiger partial charge in [0.2, 0.25) is 0 Å². The first-order valence-electron chi connectivity index (χ1n) is 8.04.